The van der Waals surface area contributed by atoms with Crippen molar-refractivity contribution in [3.8, 4) is 17.2 Å². The van der Waals surface area contributed by atoms with Gasteiger partial charge in [-0.15, -0.1) is 0 Å². The number of rotatable bonds is 1. The van der Waals surface area contributed by atoms with Crippen molar-refractivity contribution >= 4 is 11.9 Å². The molecule has 0 spiro atoms. The van der Waals surface area contributed by atoms with Gasteiger partial charge in [-0.1, -0.05) is 0 Å². The van der Waals surface area contributed by atoms with E-state index in [1.54, 1.807) is 0 Å². The molecule has 106 valence electrons. The Labute approximate surface area is 117 Å². The second kappa shape index (κ2) is 4.59. The van der Waals surface area contributed by atoms with Crippen LogP contribution in [-0.4, -0.2) is 16.0 Å². The highest BCUT2D eigenvalue weighted by molar-refractivity contribution is 6.15. The zero-order valence-electron chi connectivity index (χ0n) is 10.4. The quantitative estimate of drug-likeness (QED) is 0.626. The lowest BCUT2D eigenvalue weighted by Gasteiger charge is -2.02. The second-order valence-corrected chi connectivity index (χ2v) is 4.42. The SMILES string of the molecule is O=C1C(=Cc2ccc(F)cc2F)Oc2c1ccc(O)c2O. The summed E-state index contributed by atoms with van der Waals surface area (Å²) in [5.41, 5.74) is 0.0235. The monoisotopic (exact) mass is 290 g/mol. The van der Waals surface area contributed by atoms with Crippen LogP contribution in [0.2, 0.25) is 0 Å². The van der Waals surface area contributed by atoms with Crippen LogP contribution >= 0.6 is 0 Å². The van der Waals surface area contributed by atoms with E-state index in [1.807, 2.05) is 0 Å². The summed E-state index contributed by atoms with van der Waals surface area (Å²) in [4.78, 5) is 12.1. The van der Waals surface area contributed by atoms with E-state index in [-0.39, 0.29) is 22.6 Å². The number of hydrogen-bond acceptors (Lipinski definition) is 4. The molecule has 6 heteroatoms. The number of ether oxygens (including phenoxy) is 1. The number of allylic oxidation sites excluding steroid dienone is 1. The van der Waals surface area contributed by atoms with E-state index in [0.717, 1.165) is 24.3 Å². The van der Waals surface area contributed by atoms with Gasteiger partial charge in [0.2, 0.25) is 11.5 Å². The standard InChI is InChI=1S/C15H8F2O4/c16-8-2-1-7(10(17)6-8)5-12-13(19)9-3-4-11(18)14(20)15(9)21-12/h1-6,18,20H. The highest BCUT2D eigenvalue weighted by atomic mass is 19.1. The van der Waals surface area contributed by atoms with Gasteiger partial charge in [-0.3, -0.25) is 4.79 Å². The molecule has 2 N–H and O–H groups in total. The van der Waals surface area contributed by atoms with Crippen molar-refractivity contribution in [2.45, 2.75) is 0 Å². The number of Topliss-reactive ketones (excluding diaryl/α,β-unsaturated/α-hetero) is 1. The van der Waals surface area contributed by atoms with Gasteiger partial charge in [-0.25, -0.2) is 8.78 Å². The van der Waals surface area contributed by atoms with Gasteiger partial charge < -0.3 is 14.9 Å². The molecule has 0 saturated carbocycles. The van der Waals surface area contributed by atoms with Gasteiger partial charge in [0.05, 0.1) is 5.56 Å². The van der Waals surface area contributed by atoms with E-state index in [4.69, 9.17) is 4.74 Å². The Kier molecular flexibility index (Phi) is 2.86. The van der Waals surface area contributed by atoms with Gasteiger partial charge in [-0.2, -0.15) is 0 Å². The fourth-order valence-corrected chi connectivity index (χ4v) is 1.99. The van der Waals surface area contributed by atoms with Crippen molar-refractivity contribution in [3.05, 3.63) is 58.9 Å². The first-order chi connectivity index (χ1) is 9.97. The molecule has 0 amide bonds. The Balaban J connectivity index is 2.05. The molecule has 0 fully saturated rings. The maximum Gasteiger partial charge on any atom is 0.232 e. The molecule has 0 radical (unpaired) electrons. The molecule has 3 rings (SSSR count). The third-order valence-electron chi connectivity index (χ3n) is 3.04. The van der Waals surface area contributed by atoms with E-state index < -0.39 is 28.9 Å². The summed E-state index contributed by atoms with van der Waals surface area (Å²) in [5.74, 6) is -3.56. The number of ketones is 1. The molecule has 0 unspecified atom stereocenters. The largest absolute Gasteiger partial charge is 0.504 e. The zero-order valence-corrected chi connectivity index (χ0v) is 10.4. The molecule has 0 aliphatic carbocycles. The van der Waals surface area contributed by atoms with Crippen LogP contribution in [0.25, 0.3) is 6.08 Å². The number of fused-ring (bicyclic) bond motifs is 1. The Hall–Kier alpha value is -2.89. The molecule has 2 aromatic rings. The number of benzene rings is 2. The molecule has 0 aromatic heterocycles. The molecule has 0 atom stereocenters. The number of aromatic hydroxyl groups is 2. The van der Waals surface area contributed by atoms with E-state index >= 15 is 0 Å². The predicted octanol–water partition coefficient (Wildman–Crippen LogP) is 2.99. The lowest BCUT2D eigenvalue weighted by Crippen LogP contribution is -1.98. The van der Waals surface area contributed by atoms with Crippen LogP contribution in [0.15, 0.2) is 36.1 Å². The highest BCUT2D eigenvalue weighted by Crippen LogP contribution is 2.44. The van der Waals surface area contributed by atoms with Crippen molar-refractivity contribution in [1.82, 2.24) is 0 Å². The zero-order chi connectivity index (χ0) is 15.1. The Bertz CT molecular complexity index is 797. The first-order valence-electron chi connectivity index (χ1n) is 5.91. The maximum absolute atomic E-state index is 13.6. The Morgan fingerprint density at radius 2 is 1.86 bits per heavy atom. The number of phenolic OH excluding ortho intramolecular Hbond substituents is 2. The predicted molar refractivity (Wildman–Crippen MR) is 69.1 cm³/mol. The topological polar surface area (TPSA) is 66.8 Å². The van der Waals surface area contributed by atoms with Crippen LogP contribution in [0.3, 0.4) is 0 Å². The van der Waals surface area contributed by atoms with Crippen molar-refractivity contribution in [2.24, 2.45) is 0 Å². The van der Waals surface area contributed by atoms with Gasteiger partial charge in [0.1, 0.15) is 11.6 Å². The van der Waals surface area contributed by atoms with Gasteiger partial charge in [0, 0.05) is 11.6 Å². The molecule has 1 aliphatic rings. The lowest BCUT2D eigenvalue weighted by atomic mass is 10.1. The molecule has 2 aromatic carbocycles. The molecule has 1 heterocycles. The Morgan fingerprint density at radius 3 is 2.57 bits per heavy atom. The van der Waals surface area contributed by atoms with Crippen LogP contribution in [0.4, 0.5) is 8.78 Å². The number of hydrogen-bond donors (Lipinski definition) is 2. The minimum absolute atomic E-state index is 0.0312. The van der Waals surface area contributed by atoms with Crippen molar-refractivity contribution in [3.63, 3.8) is 0 Å². The summed E-state index contributed by atoms with van der Waals surface area (Å²) in [6, 6.07) is 5.33. The fourth-order valence-electron chi connectivity index (χ4n) is 1.99. The number of carbonyl (C=O) groups is 1. The van der Waals surface area contributed by atoms with E-state index in [2.05, 4.69) is 0 Å². The number of carbonyl (C=O) groups excluding carboxylic acids is 1. The smallest absolute Gasteiger partial charge is 0.232 e. The first-order valence-corrected chi connectivity index (χ1v) is 5.91. The minimum atomic E-state index is -0.845. The van der Waals surface area contributed by atoms with E-state index in [0.29, 0.717) is 6.07 Å². The van der Waals surface area contributed by atoms with Crippen LogP contribution in [0.5, 0.6) is 17.2 Å². The van der Waals surface area contributed by atoms with Crippen LogP contribution in [0.1, 0.15) is 15.9 Å². The summed E-state index contributed by atoms with van der Waals surface area (Å²) in [5, 5.41) is 19.0. The minimum Gasteiger partial charge on any atom is -0.504 e. The molecular weight excluding hydrogens is 282 g/mol. The summed E-state index contributed by atoms with van der Waals surface area (Å²) >= 11 is 0. The highest BCUT2D eigenvalue weighted by Gasteiger charge is 2.31. The average Bonchev–Trinajstić information content (AvgIpc) is 2.75. The van der Waals surface area contributed by atoms with Crippen molar-refractivity contribution in [2.75, 3.05) is 0 Å². The Morgan fingerprint density at radius 1 is 1.10 bits per heavy atom. The molecule has 4 nitrogen and oxygen atoms in total. The van der Waals surface area contributed by atoms with E-state index in [1.165, 1.54) is 6.07 Å². The van der Waals surface area contributed by atoms with Gasteiger partial charge in [-0.05, 0) is 30.3 Å². The van der Waals surface area contributed by atoms with Crippen LogP contribution in [0, 0.1) is 11.6 Å². The normalized spacial score (nSPS) is 15.1. The lowest BCUT2D eigenvalue weighted by molar-refractivity contribution is 0.101. The molecule has 21 heavy (non-hydrogen) atoms. The third kappa shape index (κ3) is 2.10. The first kappa shape index (κ1) is 13.1. The summed E-state index contributed by atoms with van der Waals surface area (Å²) in [7, 11) is 0. The molecular formula is C15H8F2O4. The number of halogens is 2. The van der Waals surface area contributed by atoms with Gasteiger partial charge in [0.25, 0.3) is 0 Å². The van der Waals surface area contributed by atoms with Crippen molar-refractivity contribution in [1.29, 1.82) is 0 Å². The van der Waals surface area contributed by atoms with Gasteiger partial charge in [0.15, 0.2) is 17.3 Å². The van der Waals surface area contributed by atoms with Crippen molar-refractivity contribution < 1.29 is 28.5 Å². The number of phenols is 2. The fraction of sp³-hybridized carbons (Fsp3) is 0. The van der Waals surface area contributed by atoms with Crippen LogP contribution < -0.4 is 4.74 Å². The second-order valence-electron chi connectivity index (χ2n) is 4.42. The maximum atomic E-state index is 13.6. The molecule has 0 saturated heterocycles. The summed E-state index contributed by atoms with van der Waals surface area (Å²) < 4.78 is 31.6. The van der Waals surface area contributed by atoms with Gasteiger partial charge >= 0.3 is 0 Å². The summed E-state index contributed by atoms with van der Waals surface area (Å²) in [6.07, 6.45) is 1.10. The molecule has 1 aliphatic heterocycles. The third-order valence-corrected chi connectivity index (χ3v) is 3.04. The van der Waals surface area contributed by atoms with Crippen LogP contribution in [-0.2, 0) is 0 Å². The average molecular weight is 290 g/mol. The molecule has 0 bridgehead atoms. The van der Waals surface area contributed by atoms with E-state index in [9.17, 15) is 23.8 Å². The summed E-state index contributed by atoms with van der Waals surface area (Å²) in [6.45, 7) is 0.